The lowest BCUT2D eigenvalue weighted by molar-refractivity contribution is 0.669. The first kappa shape index (κ1) is 44.5. The predicted molar refractivity (Wildman–Crippen MR) is 282 cm³/mol. The van der Waals surface area contributed by atoms with Gasteiger partial charge in [-0.1, -0.05) is 208 Å². The Bertz CT molecular complexity index is 2690. The Hall–Kier alpha value is -7.10. The van der Waals surface area contributed by atoms with Crippen molar-refractivity contribution < 1.29 is 0 Å². The molecule has 5 unspecified atom stereocenters. The van der Waals surface area contributed by atoms with E-state index in [-0.39, 0.29) is 11.1 Å². The molecule has 65 heavy (non-hydrogen) atoms. The van der Waals surface area contributed by atoms with Crippen molar-refractivity contribution in [2.24, 2.45) is 11.8 Å². The van der Waals surface area contributed by atoms with Crippen LogP contribution in [0, 0.1) is 11.8 Å². The van der Waals surface area contributed by atoms with Crippen LogP contribution >= 0.6 is 0 Å². The van der Waals surface area contributed by atoms with E-state index in [0.717, 1.165) is 17.8 Å². The van der Waals surface area contributed by atoms with E-state index in [1.807, 2.05) is 57.2 Å². The summed E-state index contributed by atoms with van der Waals surface area (Å²) in [7, 11) is 0. The fraction of sp³-hybridized carbons (Fsp3) is 0.194. The molecule has 6 aromatic rings. The fourth-order valence-corrected chi connectivity index (χ4v) is 9.52. The minimum Gasteiger partial charge on any atom is -0.381 e. The number of nitrogens with one attached hydrogen (secondary N) is 2. The molecule has 6 aliphatic rings. The molecule has 1 aliphatic heterocycles. The van der Waals surface area contributed by atoms with Crippen LogP contribution in [-0.2, 0) is 0 Å². The summed E-state index contributed by atoms with van der Waals surface area (Å²) in [5.41, 5.74) is 9.07. The maximum atomic E-state index is 3.66. The van der Waals surface area contributed by atoms with Crippen LogP contribution in [0.5, 0.6) is 0 Å². The van der Waals surface area contributed by atoms with Gasteiger partial charge in [-0.15, -0.1) is 0 Å². The Balaban J connectivity index is 0.000000146. The van der Waals surface area contributed by atoms with E-state index in [0.29, 0.717) is 17.8 Å². The van der Waals surface area contributed by atoms with Gasteiger partial charge in [0, 0.05) is 40.5 Å². The van der Waals surface area contributed by atoms with E-state index in [1.54, 1.807) is 0 Å². The van der Waals surface area contributed by atoms with Crippen molar-refractivity contribution in [2.45, 2.75) is 63.5 Å². The molecule has 2 N–H and O–H groups in total. The normalized spacial score (nSPS) is 22.8. The number of nitrogens with zero attached hydrogens (tertiary/aromatic N) is 1. The van der Waals surface area contributed by atoms with Crippen molar-refractivity contribution in [1.82, 2.24) is 5.32 Å². The third kappa shape index (κ3) is 10.3. The van der Waals surface area contributed by atoms with Crippen molar-refractivity contribution in [3.8, 4) is 0 Å². The molecule has 5 aliphatic carbocycles. The van der Waals surface area contributed by atoms with Crippen molar-refractivity contribution in [1.29, 1.82) is 0 Å². The zero-order chi connectivity index (χ0) is 44.7. The van der Waals surface area contributed by atoms with Crippen LogP contribution in [0.4, 0.5) is 22.7 Å². The quantitative estimate of drug-likeness (QED) is 0.157. The molecule has 2 saturated carbocycles. The smallest absolute Gasteiger partial charge is 0.0778 e. The van der Waals surface area contributed by atoms with Gasteiger partial charge in [0.25, 0.3) is 0 Å². The maximum absolute atomic E-state index is 3.66. The lowest BCUT2D eigenvalue weighted by Gasteiger charge is -2.31. The van der Waals surface area contributed by atoms with E-state index in [4.69, 9.17) is 0 Å². The molecule has 0 amide bonds. The van der Waals surface area contributed by atoms with E-state index in [9.17, 15) is 0 Å². The monoisotopic (exact) mass is 850 g/mol. The molecular formula is C62H63N3. The van der Waals surface area contributed by atoms with Gasteiger partial charge in [0.2, 0.25) is 0 Å². The zero-order valence-electron chi connectivity index (χ0n) is 38.2. The Morgan fingerprint density at radius 2 is 1.23 bits per heavy atom. The molecule has 326 valence electrons. The van der Waals surface area contributed by atoms with Crippen molar-refractivity contribution in [3.63, 3.8) is 0 Å². The van der Waals surface area contributed by atoms with E-state index >= 15 is 0 Å². The number of para-hydroxylation sites is 1. The summed E-state index contributed by atoms with van der Waals surface area (Å²) in [6.07, 6.45) is 40.1. The molecule has 6 aromatic carbocycles. The zero-order valence-corrected chi connectivity index (χ0v) is 38.2. The van der Waals surface area contributed by atoms with Gasteiger partial charge in [-0.2, -0.15) is 0 Å². The van der Waals surface area contributed by atoms with Crippen LogP contribution in [0.3, 0.4) is 0 Å². The standard InChI is InChI=1S/C30H24N2.C18H19N.C6H8.C6H6.C2H6/c1-3-11-25(12-4-1)32-28-17-16-24(31-23-15-14-21-9-6-7-10-22(21)19-23)20-26(28)29-27-13-5-2-8-18-30(27,29)32;1-2-7-15-8-3-4-9-16(15)11-13-19-18-12-6-5-10-17(18)14-18;2*1-2-4-6-5-3-1;1-2/h1,3-20,27,29,31H,2H2;2-13,17,19H,14H2,1H3;1-4H,5-6H2;1-6H;1-2H3/b;7-2-,13-11+;;;. The summed E-state index contributed by atoms with van der Waals surface area (Å²) in [6, 6.07) is 53.3. The Labute approximate surface area is 388 Å². The molecular weight excluding hydrogens is 787 g/mol. The Kier molecular flexibility index (Phi) is 14.7. The van der Waals surface area contributed by atoms with Gasteiger partial charge >= 0.3 is 0 Å². The summed E-state index contributed by atoms with van der Waals surface area (Å²) >= 11 is 0. The first-order valence-electron chi connectivity index (χ1n) is 23.6. The number of fused-ring (bicyclic) bond motifs is 5. The van der Waals surface area contributed by atoms with Gasteiger partial charge in [0.1, 0.15) is 0 Å². The average Bonchev–Trinajstić information content (AvgIpc) is 4.26. The second kappa shape index (κ2) is 21.5. The molecule has 1 spiro atoms. The molecule has 1 heterocycles. The van der Waals surface area contributed by atoms with Gasteiger partial charge in [0.15, 0.2) is 0 Å². The molecule has 0 bridgehead atoms. The molecule has 3 nitrogen and oxygen atoms in total. The van der Waals surface area contributed by atoms with Gasteiger partial charge in [0.05, 0.1) is 11.1 Å². The molecule has 2 fully saturated rings. The fourth-order valence-electron chi connectivity index (χ4n) is 9.52. The average molecular weight is 850 g/mol. The topological polar surface area (TPSA) is 27.3 Å². The Morgan fingerprint density at radius 1 is 0.585 bits per heavy atom. The van der Waals surface area contributed by atoms with E-state index in [1.165, 1.54) is 58.1 Å². The summed E-state index contributed by atoms with van der Waals surface area (Å²) in [6.45, 7) is 6.05. The predicted octanol–water partition coefficient (Wildman–Crippen LogP) is 16.5. The molecule has 0 saturated heterocycles. The van der Waals surface area contributed by atoms with Gasteiger partial charge in [-0.05, 0) is 115 Å². The molecule has 0 aromatic heterocycles. The lowest BCUT2D eigenvalue weighted by atomic mass is 10.0. The highest BCUT2D eigenvalue weighted by atomic mass is 15.3. The van der Waals surface area contributed by atoms with Crippen LogP contribution in [0.25, 0.3) is 22.9 Å². The molecule has 0 radical (unpaired) electrons. The largest absolute Gasteiger partial charge is 0.381 e. The number of anilines is 4. The maximum Gasteiger partial charge on any atom is 0.0778 e. The van der Waals surface area contributed by atoms with Crippen LogP contribution in [0.1, 0.15) is 69.1 Å². The highest BCUT2D eigenvalue weighted by Crippen LogP contribution is 2.72. The number of hydrogen-bond acceptors (Lipinski definition) is 3. The molecule has 12 rings (SSSR count). The third-order valence-corrected chi connectivity index (χ3v) is 12.7. The van der Waals surface area contributed by atoms with Crippen LogP contribution in [0.15, 0.2) is 237 Å². The third-order valence-electron chi connectivity index (χ3n) is 12.7. The summed E-state index contributed by atoms with van der Waals surface area (Å²) in [5, 5.41) is 9.73. The highest BCUT2D eigenvalue weighted by Gasteiger charge is 2.71. The highest BCUT2D eigenvalue weighted by molar-refractivity contribution is 5.88. The second-order valence-electron chi connectivity index (χ2n) is 16.9. The number of rotatable bonds is 7. The van der Waals surface area contributed by atoms with Gasteiger partial charge < -0.3 is 15.5 Å². The second-order valence-corrected chi connectivity index (χ2v) is 16.9. The number of benzene rings is 6. The first-order valence-corrected chi connectivity index (χ1v) is 23.6. The van der Waals surface area contributed by atoms with E-state index < -0.39 is 0 Å². The summed E-state index contributed by atoms with van der Waals surface area (Å²) < 4.78 is 0. The van der Waals surface area contributed by atoms with Crippen LogP contribution in [0.2, 0.25) is 0 Å². The van der Waals surface area contributed by atoms with Crippen LogP contribution in [-0.4, -0.2) is 11.1 Å². The van der Waals surface area contributed by atoms with E-state index in [2.05, 4.69) is 228 Å². The van der Waals surface area contributed by atoms with Gasteiger partial charge in [-0.25, -0.2) is 0 Å². The van der Waals surface area contributed by atoms with Crippen LogP contribution < -0.4 is 15.5 Å². The molecule has 5 atom stereocenters. The lowest BCUT2D eigenvalue weighted by Crippen LogP contribution is -2.31. The molecule has 3 heteroatoms. The minimum atomic E-state index is 0.0399. The SMILES string of the molecule is C/C=C\c1ccccc1/C=C/NC12C=CC=CC1C2.C1=CC2C3c4cc(Nc5ccc6ccccc6c5)ccc4N(c4ccccc4)C23C=CC1.C1=CCCC=C1.CC.c1ccccc1. The van der Waals surface area contributed by atoms with Crippen molar-refractivity contribution in [3.05, 3.63) is 254 Å². The Morgan fingerprint density at radius 3 is 1.92 bits per heavy atom. The number of allylic oxidation sites excluding steroid dienone is 9. The minimum absolute atomic E-state index is 0.0399. The van der Waals surface area contributed by atoms with Crippen molar-refractivity contribution in [2.75, 3.05) is 10.2 Å². The number of hydrogen-bond donors (Lipinski definition) is 2. The summed E-state index contributed by atoms with van der Waals surface area (Å²) in [5.74, 6) is 1.71. The first-order chi connectivity index (χ1) is 32.2. The van der Waals surface area contributed by atoms with Crippen molar-refractivity contribution >= 4 is 45.7 Å². The van der Waals surface area contributed by atoms with Gasteiger partial charge in [-0.3, -0.25) is 0 Å². The summed E-state index contributed by atoms with van der Waals surface area (Å²) in [4.78, 5) is 2.57.